The van der Waals surface area contributed by atoms with Gasteiger partial charge < -0.3 is 9.80 Å². The third-order valence-corrected chi connectivity index (χ3v) is 4.15. The lowest BCUT2D eigenvalue weighted by molar-refractivity contribution is -0.129. The molecule has 1 aromatic rings. The summed E-state index contributed by atoms with van der Waals surface area (Å²) in [6, 6.07) is 0.288. The Bertz CT molecular complexity index is 537. The summed E-state index contributed by atoms with van der Waals surface area (Å²) < 4.78 is 1.77. The molecule has 6 nitrogen and oxygen atoms in total. The number of carbonyl (C=O) groups excluding carboxylic acids is 2. The molecule has 0 bridgehead atoms. The molecule has 2 aliphatic rings. The van der Waals surface area contributed by atoms with Gasteiger partial charge in [0.2, 0.25) is 5.91 Å². The van der Waals surface area contributed by atoms with Gasteiger partial charge >= 0.3 is 0 Å². The minimum atomic E-state index is 0.265. The number of anilines is 1. The molecule has 3 rings (SSSR count). The maximum atomic E-state index is 11.7. The first kappa shape index (κ1) is 12.2. The van der Waals surface area contributed by atoms with Crippen molar-refractivity contribution in [1.29, 1.82) is 0 Å². The van der Waals surface area contributed by atoms with Gasteiger partial charge in [-0.25, -0.2) is 0 Å². The van der Waals surface area contributed by atoms with Crippen LogP contribution in [0, 0.1) is 6.92 Å². The summed E-state index contributed by atoms with van der Waals surface area (Å²) in [5.74, 6) is 1.15. The molecule has 1 atom stereocenters. The molecule has 0 aromatic carbocycles. The van der Waals surface area contributed by atoms with Gasteiger partial charge in [0.25, 0.3) is 0 Å². The number of amides is 1. The monoisotopic (exact) mass is 262 g/mol. The molecule has 6 heteroatoms. The highest BCUT2D eigenvalue weighted by molar-refractivity contribution is 5.85. The maximum Gasteiger partial charge on any atom is 0.223 e. The molecule has 2 fully saturated rings. The Morgan fingerprint density at radius 2 is 2.16 bits per heavy atom. The molecule has 0 saturated carbocycles. The van der Waals surface area contributed by atoms with E-state index >= 15 is 0 Å². The first-order valence-electron chi connectivity index (χ1n) is 6.65. The zero-order valence-electron chi connectivity index (χ0n) is 11.3. The van der Waals surface area contributed by atoms with E-state index in [2.05, 4.69) is 10.00 Å². The van der Waals surface area contributed by atoms with E-state index in [1.807, 2.05) is 18.9 Å². The maximum absolute atomic E-state index is 11.7. The van der Waals surface area contributed by atoms with Crippen LogP contribution in [0.15, 0.2) is 0 Å². The number of aryl methyl sites for hydroxylation is 2. The average Bonchev–Trinajstić information content (AvgIpc) is 2.89. The SMILES string of the molecule is Cc1nn(C)c(N2CCN3C(=O)CCC3C2)c1C=O. The lowest BCUT2D eigenvalue weighted by atomic mass is 10.1. The predicted molar refractivity (Wildman–Crippen MR) is 70.3 cm³/mol. The van der Waals surface area contributed by atoms with Crippen molar-refractivity contribution in [2.24, 2.45) is 7.05 Å². The third kappa shape index (κ3) is 1.82. The molecule has 3 heterocycles. The second kappa shape index (κ2) is 4.36. The number of fused-ring (bicyclic) bond motifs is 1. The van der Waals surface area contributed by atoms with Gasteiger partial charge in [-0.3, -0.25) is 14.3 Å². The van der Waals surface area contributed by atoms with Crippen LogP contribution in [-0.2, 0) is 11.8 Å². The fraction of sp³-hybridized carbons (Fsp3) is 0.615. The summed E-state index contributed by atoms with van der Waals surface area (Å²) in [4.78, 5) is 27.1. The average molecular weight is 262 g/mol. The molecular weight excluding hydrogens is 244 g/mol. The van der Waals surface area contributed by atoms with E-state index in [1.165, 1.54) is 0 Å². The van der Waals surface area contributed by atoms with Crippen molar-refractivity contribution >= 4 is 18.0 Å². The number of rotatable bonds is 2. The van der Waals surface area contributed by atoms with Crippen molar-refractivity contribution < 1.29 is 9.59 Å². The summed E-state index contributed by atoms with van der Waals surface area (Å²) in [6.45, 7) is 4.15. The van der Waals surface area contributed by atoms with Gasteiger partial charge in [0.15, 0.2) is 6.29 Å². The predicted octanol–water partition coefficient (Wildman–Crippen LogP) is 0.352. The van der Waals surface area contributed by atoms with Crippen molar-refractivity contribution in [2.45, 2.75) is 25.8 Å². The van der Waals surface area contributed by atoms with Gasteiger partial charge in [-0.1, -0.05) is 0 Å². The minimum absolute atomic E-state index is 0.265. The standard InChI is InChI=1S/C13H18N4O2/c1-9-11(8-18)13(15(2)14-9)16-5-6-17-10(7-16)3-4-12(17)19/h8,10H,3-7H2,1-2H3. The Morgan fingerprint density at radius 3 is 2.89 bits per heavy atom. The van der Waals surface area contributed by atoms with Crippen LogP contribution in [0.4, 0.5) is 5.82 Å². The molecular formula is C13H18N4O2. The summed E-state index contributed by atoms with van der Waals surface area (Å²) in [5, 5.41) is 4.32. The number of aldehydes is 1. The molecule has 19 heavy (non-hydrogen) atoms. The van der Waals surface area contributed by atoms with Gasteiger partial charge in [0.1, 0.15) is 5.82 Å². The van der Waals surface area contributed by atoms with Gasteiger partial charge in [-0.05, 0) is 13.3 Å². The van der Waals surface area contributed by atoms with Crippen molar-refractivity contribution in [3.63, 3.8) is 0 Å². The van der Waals surface area contributed by atoms with E-state index in [1.54, 1.807) is 4.68 Å². The molecule has 102 valence electrons. The van der Waals surface area contributed by atoms with Gasteiger partial charge in [-0.15, -0.1) is 0 Å². The zero-order valence-corrected chi connectivity index (χ0v) is 11.3. The number of hydrogen-bond acceptors (Lipinski definition) is 4. The van der Waals surface area contributed by atoms with Crippen LogP contribution in [0.1, 0.15) is 28.9 Å². The van der Waals surface area contributed by atoms with Gasteiger partial charge in [0.05, 0.1) is 11.3 Å². The highest BCUT2D eigenvalue weighted by Gasteiger charge is 2.36. The first-order valence-corrected chi connectivity index (χ1v) is 6.65. The molecule has 2 saturated heterocycles. The van der Waals surface area contributed by atoms with Gasteiger partial charge in [0, 0.05) is 39.1 Å². The highest BCUT2D eigenvalue weighted by atomic mass is 16.2. The molecule has 0 spiro atoms. The molecule has 0 N–H and O–H groups in total. The lowest BCUT2D eigenvalue weighted by Crippen LogP contribution is -2.52. The number of hydrogen-bond donors (Lipinski definition) is 0. The van der Waals surface area contributed by atoms with E-state index < -0.39 is 0 Å². The van der Waals surface area contributed by atoms with Crippen LogP contribution in [0.5, 0.6) is 0 Å². The van der Waals surface area contributed by atoms with Gasteiger partial charge in [-0.2, -0.15) is 5.10 Å². The van der Waals surface area contributed by atoms with E-state index in [0.29, 0.717) is 12.0 Å². The Hall–Kier alpha value is -1.85. The summed E-state index contributed by atoms with van der Waals surface area (Å²) in [6.07, 6.45) is 2.45. The van der Waals surface area contributed by atoms with E-state index in [-0.39, 0.29) is 11.9 Å². The topological polar surface area (TPSA) is 58.4 Å². The molecule has 0 radical (unpaired) electrons. The normalized spacial score (nSPS) is 22.8. The largest absolute Gasteiger partial charge is 0.352 e. The molecule has 0 aliphatic carbocycles. The zero-order chi connectivity index (χ0) is 13.6. The third-order valence-electron chi connectivity index (χ3n) is 4.15. The number of aromatic nitrogens is 2. The minimum Gasteiger partial charge on any atom is -0.352 e. The van der Waals surface area contributed by atoms with Crippen molar-refractivity contribution in [3.8, 4) is 0 Å². The van der Waals surface area contributed by atoms with Crippen LogP contribution in [0.25, 0.3) is 0 Å². The fourth-order valence-electron chi connectivity index (χ4n) is 3.23. The van der Waals surface area contributed by atoms with Crippen LogP contribution in [-0.4, -0.2) is 52.5 Å². The smallest absolute Gasteiger partial charge is 0.223 e. The van der Waals surface area contributed by atoms with Crippen LogP contribution >= 0.6 is 0 Å². The van der Waals surface area contributed by atoms with Crippen LogP contribution in [0.3, 0.4) is 0 Å². The van der Waals surface area contributed by atoms with E-state index in [0.717, 1.165) is 43.9 Å². The fourth-order valence-corrected chi connectivity index (χ4v) is 3.23. The van der Waals surface area contributed by atoms with Crippen molar-refractivity contribution in [1.82, 2.24) is 14.7 Å². The first-order chi connectivity index (χ1) is 9.11. The van der Waals surface area contributed by atoms with Crippen LogP contribution < -0.4 is 4.90 Å². The summed E-state index contributed by atoms with van der Waals surface area (Å²) >= 11 is 0. The lowest BCUT2D eigenvalue weighted by Gasteiger charge is -2.38. The van der Waals surface area contributed by atoms with Crippen LogP contribution in [0.2, 0.25) is 0 Å². The number of nitrogens with zero attached hydrogens (tertiary/aromatic N) is 4. The summed E-state index contributed by atoms with van der Waals surface area (Å²) in [7, 11) is 1.86. The molecule has 1 unspecified atom stereocenters. The van der Waals surface area contributed by atoms with E-state index in [9.17, 15) is 9.59 Å². The molecule has 2 aliphatic heterocycles. The quantitative estimate of drug-likeness (QED) is 0.722. The Morgan fingerprint density at radius 1 is 1.37 bits per heavy atom. The second-order valence-corrected chi connectivity index (χ2v) is 5.29. The van der Waals surface area contributed by atoms with Crippen molar-refractivity contribution in [2.75, 3.05) is 24.5 Å². The highest BCUT2D eigenvalue weighted by Crippen LogP contribution is 2.28. The Labute approximate surface area is 112 Å². The second-order valence-electron chi connectivity index (χ2n) is 5.29. The molecule has 1 amide bonds. The summed E-state index contributed by atoms with van der Waals surface area (Å²) in [5.41, 5.74) is 1.43. The molecule has 1 aromatic heterocycles. The number of piperazine rings is 1. The van der Waals surface area contributed by atoms with E-state index in [4.69, 9.17) is 0 Å². The number of carbonyl (C=O) groups is 2. The Balaban J connectivity index is 1.88. The Kier molecular flexibility index (Phi) is 2.80. The van der Waals surface area contributed by atoms with Crippen molar-refractivity contribution in [3.05, 3.63) is 11.3 Å².